The Labute approximate surface area is 80.6 Å². The lowest BCUT2D eigenvalue weighted by Gasteiger charge is -2.15. The van der Waals surface area contributed by atoms with Crippen LogP contribution in [0.4, 0.5) is 11.4 Å². The predicted molar refractivity (Wildman–Crippen MR) is 53.4 cm³/mol. The van der Waals surface area contributed by atoms with Crippen LogP contribution >= 0.6 is 0 Å². The van der Waals surface area contributed by atoms with E-state index in [0.717, 1.165) is 0 Å². The molecule has 6 nitrogen and oxygen atoms in total. The second-order valence-electron chi connectivity index (χ2n) is 2.72. The second kappa shape index (κ2) is 3.73. The largest absolute Gasteiger partial charge is 0.370 e. The lowest BCUT2D eigenvalue weighted by molar-refractivity contribution is -0.384. The Morgan fingerprint density at radius 2 is 2.00 bits per heavy atom. The van der Waals surface area contributed by atoms with Crippen LogP contribution in [-0.4, -0.2) is 17.9 Å². The van der Waals surface area contributed by atoms with Gasteiger partial charge in [0.2, 0.25) is 0 Å². The van der Waals surface area contributed by atoms with Crippen LogP contribution in [0.25, 0.3) is 0 Å². The molecule has 0 amide bonds. The molecule has 1 aromatic rings. The zero-order valence-corrected chi connectivity index (χ0v) is 7.60. The van der Waals surface area contributed by atoms with Gasteiger partial charge in [-0.1, -0.05) is 0 Å². The van der Waals surface area contributed by atoms with Crippen molar-refractivity contribution in [2.24, 2.45) is 5.73 Å². The number of anilines is 1. The van der Waals surface area contributed by atoms with E-state index in [1.807, 2.05) is 0 Å². The summed E-state index contributed by atoms with van der Waals surface area (Å²) in [4.78, 5) is 11.3. The van der Waals surface area contributed by atoms with E-state index in [0.29, 0.717) is 5.69 Å². The van der Waals surface area contributed by atoms with Crippen LogP contribution < -0.4 is 10.6 Å². The number of rotatable bonds is 2. The summed E-state index contributed by atoms with van der Waals surface area (Å²) in [6.07, 6.45) is 0. The maximum atomic E-state index is 10.3. The molecule has 74 valence electrons. The number of nitrogens with two attached hydrogens (primary N) is 1. The smallest absolute Gasteiger partial charge is 0.269 e. The first-order valence-electron chi connectivity index (χ1n) is 3.84. The molecule has 1 rings (SSSR count). The van der Waals surface area contributed by atoms with Crippen LogP contribution in [0.2, 0.25) is 0 Å². The fraction of sp³-hybridized carbons (Fsp3) is 0.125. The number of nitro groups is 1. The number of nitro benzene ring substituents is 1. The van der Waals surface area contributed by atoms with Crippen LogP contribution in [0.5, 0.6) is 0 Å². The number of nitrogens with one attached hydrogen (secondary N) is 1. The molecule has 0 bridgehead atoms. The number of hydrogen-bond acceptors (Lipinski definition) is 3. The van der Waals surface area contributed by atoms with Crippen LogP contribution in [0.15, 0.2) is 24.3 Å². The van der Waals surface area contributed by atoms with Crippen molar-refractivity contribution in [3.05, 3.63) is 34.4 Å². The highest BCUT2D eigenvalue weighted by atomic mass is 16.6. The molecule has 0 saturated carbocycles. The maximum Gasteiger partial charge on any atom is 0.269 e. The van der Waals surface area contributed by atoms with Gasteiger partial charge in [-0.25, -0.2) is 0 Å². The standard InChI is InChI=1S/C8H10N4O2/c1-11(8(9)10)6-2-4-7(5-3-6)12(13)14/h2-5H,1H3,(H3,9,10). The second-order valence-corrected chi connectivity index (χ2v) is 2.72. The number of non-ortho nitro benzene ring substituents is 1. The number of benzene rings is 1. The van der Waals surface area contributed by atoms with E-state index >= 15 is 0 Å². The summed E-state index contributed by atoms with van der Waals surface area (Å²) in [6.45, 7) is 0. The first-order chi connectivity index (χ1) is 6.52. The molecule has 0 aliphatic rings. The summed E-state index contributed by atoms with van der Waals surface area (Å²) in [5, 5.41) is 17.5. The number of hydrogen-bond donors (Lipinski definition) is 2. The topological polar surface area (TPSA) is 96.2 Å². The van der Waals surface area contributed by atoms with Gasteiger partial charge < -0.3 is 10.6 Å². The van der Waals surface area contributed by atoms with E-state index < -0.39 is 4.92 Å². The lowest BCUT2D eigenvalue weighted by atomic mass is 10.3. The summed E-state index contributed by atoms with van der Waals surface area (Å²) in [6, 6.07) is 5.82. The summed E-state index contributed by atoms with van der Waals surface area (Å²) in [5.74, 6) is -0.112. The molecule has 0 heterocycles. The van der Waals surface area contributed by atoms with Gasteiger partial charge in [-0.05, 0) is 12.1 Å². The van der Waals surface area contributed by atoms with E-state index in [-0.39, 0.29) is 11.6 Å². The van der Waals surface area contributed by atoms with Crippen LogP contribution in [0, 0.1) is 15.5 Å². The predicted octanol–water partition coefficient (Wildman–Crippen LogP) is 0.924. The van der Waals surface area contributed by atoms with E-state index in [1.54, 1.807) is 19.2 Å². The number of guanidine groups is 1. The van der Waals surface area contributed by atoms with Crippen molar-refractivity contribution in [1.29, 1.82) is 5.41 Å². The van der Waals surface area contributed by atoms with Gasteiger partial charge >= 0.3 is 0 Å². The van der Waals surface area contributed by atoms with Gasteiger partial charge in [0.25, 0.3) is 5.69 Å². The van der Waals surface area contributed by atoms with Crippen molar-refractivity contribution < 1.29 is 4.92 Å². The van der Waals surface area contributed by atoms with Crippen LogP contribution in [0.3, 0.4) is 0 Å². The molecule has 0 spiro atoms. The van der Waals surface area contributed by atoms with Crippen LogP contribution in [-0.2, 0) is 0 Å². The lowest BCUT2D eigenvalue weighted by Crippen LogP contribution is -2.32. The van der Waals surface area contributed by atoms with Crippen molar-refractivity contribution in [2.75, 3.05) is 11.9 Å². The highest BCUT2D eigenvalue weighted by Crippen LogP contribution is 2.17. The van der Waals surface area contributed by atoms with Gasteiger partial charge in [0.1, 0.15) is 0 Å². The fourth-order valence-electron chi connectivity index (χ4n) is 0.937. The van der Waals surface area contributed by atoms with Crippen LogP contribution in [0.1, 0.15) is 0 Å². The van der Waals surface area contributed by atoms with Gasteiger partial charge in [-0.15, -0.1) is 0 Å². The number of nitrogens with zero attached hydrogens (tertiary/aromatic N) is 2. The SMILES string of the molecule is CN(C(=N)N)c1ccc([N+](=O)[O-])cc1. The Hall–Kier alpha value is -2.11. The highest BCUT2D eigenvalue weighted by Gasteiger charge is 2.07. The first kappa shape index (κ1) is 9.97. The summed E-state index contributed by atoms with van der Waals surface area (Å²) < 4.78 is 0. The zero-order valence-electron chi connectivity index (χ0n) is 7.60. The van der Waals surface area contributed by atoms with E-state index in [2.05, 4.69) is 0 Å². The van der Waals surface area contributed by atoms with Gasteiger partial charge in [-0.2, -0.15) is 0 Å². The third kappa shape index (κ3) is 1.98. The van der Waals surface area contributed by atoms with Gasteiger partial charge in [0.05, 0.1) is 4.92 Å². The Morgan fingerprint density at radius 3 is 2.36 bits per heavy atom. The molecule has 1 aromatic carbocycles. The minimum Gasteiger partial charge on any atom is -0.370 e. The van der Waals surface area contributed by atoms with E-state index in [4.69, 9.17) is 11.1 Å². The Bertz CT molecular complexity index is 360. The fourth-order valence-corrected chi connectivity index (χ4v) is 0.937. The molecule has 0 fully saturated rings. The third-order valence-corrected chi connectivity index (χ3v) is 1.81. The molecule has 3 N–H and O–H groups in total. The average molecular weight is 194 g/mol. The van der Waals surface area contributed by atoms with Crippen molar-refractivity contribution in [3.63, 3.8) is 0 Å². The van der Waals surface area contributed by atoms with Gasteiger partial charge in [0.15, 0.2) is 5.96 Å². The van der Waals surface area contributed by atoms with Crippen molar-refractivity contribution in [3.8, 4) is 0 Å². The molecule has 0 aliphatic heterocycles. The van der Waals surface area contributed by atoms with E-state index in [9.17, 15) is 10.1 Å². The molecule has 0 atom stereocenters. The average Bonchev–Trinajstić information content (AvgIpc) is 2.16. The van der Waals surface area contributed by atoms with Crippen molar-refractivity contribution >= 4 is 17.3 Å². The minimum atomic E-state index is -0.475. The Morgan fingerprint density at radius 1 is 1.50 bits per heavy atom. The minimum absolute atomic E-state index is 0.0192. The molecule has 0 radical (unpaired) electrons. The maximum absolute atomic E-state index is 10.3. The first-order valence-corrected chi connectivity index (χ1v) is 3.84. The van der Waals surface area contributed by atoms with Crippen molar-refractivity contribution in [1.82, 2.24) is 0 Å². The van der Waals surface area contributed by atoms with Crippen molar-refractivity contribution in [2.45, 2.75) is 0 Å². The zero-order chi connectivity index (χ0) is 10.7. The molecular formula is C8H10N4O2. The quantitative estimate of drug-likeness (QED) is 0.316. The monoisotopic (exact) mass is 194 g/mol. The molecule has 0 unspecified atom stereocenters. The Kier molecular flexibility index (Phi) is 2.66. The van der Waals surface area contributed by atoms with Gasteiger partial charge in [0, 0.05) is 24.9 Å². The molecule has 0 saturated heterocycles. The molecule has 0 aliphatic carbocycles. The summed E-state index contributed by atoms with van der Waals surface area (Å²) in [7, 11) is 1.61. The van der Waals surface area contributed by atoms with Gasteiger partial charge in [-0.3, -0.25) is 15.5 Å². The normalized spacial score (nSPS) is 9.50. The molecular weight excluding hydrogens is 184 g/mol. The summed E-state index contributed by atoms with van der Waals surface area (Å²) in [5.41, 5.74) is 5.90. The third-order valence-electron chi connectivity index (χ3n) is 1.81. The molecule has 14 heavy (non-hydrogen) atoms. The molecule has 6 heteroatoms. The summed E-state index contributed by atoms with van der Waals surface area (Å²) >= 11 is 0. The van der Waals surface area contributed by atoms with E-state index in [1.165, 1.54) is 17.0 Å². The molecule has 0 aromatic heterocycles. The highest BCUT2D eigenvalue weighted by molar-refractivity contribution is 5.91. The Balaban J connectivity index is 2.94.